The number of aryl methyl sites for hydroxylation is 1. The third-order valence-corrected chi connectivity index (χ3v) is 5.46. The Morgan fingerprint density at radius 1 is 0.853 bits per heavy atom. The van der Waals surface area contributed by atoms with E-state index in [0.717, 1.165) is 53.0 Å². The predicted octanol–water partition coefficient (Wildman–Crippen LogP) is 5.52. The molecule has 174 valence electrons. The summed E-state index contributed by atoms with van der Waals surface area (Å²) in [5.74, 6) is 0.586. The lowest BCUT2D eigenvalue weighted by Gasteiger charge is -2.11. The van der Waals surface area contributed by atoms with Gasteiger partial charge in [0.25, 0.3) is 0 Å². The average molecular weight is 454 g/mol. The van der Waals surface area contributed by atoms with Crippen LogP contribution < -0.4 is 10.1 Å². The van der Waals surface area contributed by atoms with E-state index >= 15 is 0 Å². The van der Waals surface area contributed by atoms with Crippen LogP contribution in [0.25, 0.3) is 16.4 Å². The molecule has 0 radical (unpaired) electrons. The van der Waals surface area contributed by atoms with Crippen molar-refractivity contribution < 1.29 is 4.74 Å². The van der Waals surface area contributed by atoms with Crippen LogP contribution in [0, 0.1) is 6.92 Å². The molecule has 3 heterocycles. The lowest BCUT2D eigenvalue weighted by atomic mass is 10.1. The summed E-state index contributed by atoms with van der Waals surface area (Å²) in [6.07, 6.45) is 2.83. The third-order valence-electron chi connectivity index (χ3n) is 5.46. The Labute approximate surface area is 200 Å². The SMILES string of the molecule is CC.Cc1cnc2c3ccccc3c(OCc3cccc(CNCCc4ccccc4)n3)nn12. The second-order valence-electron chi connectivity index (χ2n) is 7.81. The molecule has 0 saturated carbocycles. The van der Waals surface area contributed by atoms with Crippen LogP contribution in [-0.2, 0) is 19.6 Å². The molecule has 0 aliphatic carbocycles. The van der Waals surface area contributed by atoms with Gasteiger partial charge in [0.2, 0.25) is 5.88 Å². The summed E-state index contributed by atoms with van der Waals surface area (Å²) >= 11 is 0. The Hall–Kier alpha value is -3.77. The molecule has 0 bridgehead atoms. The van der Waals surface area contributed by atoms with Gasteiger partial charge in [-0.2, -0.15) is 0 Å². The van der Waals surface area contributed by atoms with Crippen molar-refractivity contribution in [3.63, 3.8) is 0 Å². The van der Waals surface area contributed by atoms with E-state index in [1.165, 1.54) is 5.56 Å². The van der Waals surface area contributed by atoms with Crippen molar-refractivity contribution in [1.82, 2.24) is 24.9 Å². The minimum atomic E-state index is 0.355. The second kappa shape index (κ2) is 11.4. The van der Waals surface area contributed by atoms with Crippen molar-refractivity contribution in [2.24, 2.45) is 0 Å². The van der Waals surface area contributed by atoms with Gasteiger partial charge in [0.1, 0.15) is 6.61 Å². The zero-order chi connectivity index (χ0) is 23.8. The molecule has 34 heavy (non-hydrogen) atoms. The van der Waals surface area contributed by atoms with Crippen molar-refractivity contribution in [2.45, 2.75) is 40.3 Å². The van der Waals surface area contributed by atoms with Gasteiger partial charge in [-0.3, -0.25) is 4.98 Å². The standard InChI is InChI=1S/C26H25N5O.C2H6/c1-19-16-28-25-23-12-5-6-13-24(23)26(30-31(19)25)32-18-22-11-7-10-21(29-22)17-27-15-14-20-8-3-2-4-9-20;1-2/h2-13,16,27H,14-15,17-18H2,1H3;1-2H3. The normalized spacial score (nSPS) is 10.8. The van der Waals surface area contributed by atoms with E-state index in [1.807, 2.05) is 80.0 Å². The van der Waals surface area contributed by atoms with E-state index < -0.39 is 0 Å². The molecular weight excluding hydrogens is 422 g/mol. The molecule has 0 aliphatic heterocycles. The van der Waals surface area contributed by atoms with Gasteiger partial charge in [-0.05, 0) is 43.7 Å². The summed E-state index contributed by atoms with van der Waals surface area (Å²) in [7, 11) is 0. The van der Waals surface area contributed by atoms with E-state index in [9.17, 15) is 0 Å². The number of nitrogens with zero attached hydrogens (tertiary/aromatic N) is 4. The third kappa shape index (κ3) is 5.41. The zero-order valence-electron chi connectivity index (χ0n) is 20.0. The number of rotatable bonds is 8. The quantitative estimate of drug-likeness (QED) is 0.313. The van der Waals surface area contributed by atoms with Gasteiger partial charge < -0.3 is 10.1 Å². The Morgan fingerprint density at radius 2 is 1.59 bits per heavy atom. The largest absolute Gasteiger partial charge is 0.470 e. The number of imidazole rings is 1. The summed E-state index contributed by atoms with van der Waals surface area (Å²) in [6.45, 7) is 7.98. The molecule has 0 amide bonds. The first-order chi connectivity index (χ1) is 16.8. The highest BCUT2D eigenvalue weighted by Crippen LogP contribution is 2.27. The number of nitrogens with one attached hydrogen (secondary N) is 1. The van der Waals surface area contributed by atoms with Crippen molar-refractivity contribution >= 4 is 16.4 Å². The van der Waals surface area contributed by atoms with Crippen LogP contribution in [-0.4, -0.2) is 26.1 Å². The fourth-order valence-electron chi connectivity index (χ4n) is 3.80. The highest BCUT2D eigenvalue weighted by molar-refractivity contribution is 5.96. The molecule has 2 aromatic carbocycles. The molecule has 0 saturated heterocycles. The number of hydrogen-bond acceptors (Lipinski definition) is 5. The van der Waals surface area contributed by atoms with E-state index in [2.05, 4.69) is 39.7 Å². The van der Waals surface area contributed by atoms with Crippen LogP contribution in [0.1, 0.15) is 36.5 Å². The molecule has 1 N–H and O–H groups in total. The van der Waals surface area contributed by atoms with Crippen molar-refractivity contribution in [1.29, 1.82) is 0 Å². The summed E-state index contributed by atoms with van der Waals surface area (Å²) in [6, 6.07) is 24.6. The maximum absolute atomic E-state index is 6.13. The monoisotopic (exact) mass is 453 g/mol. The highest BCUT2D eigenvalue weighted by Gasteiger charge is 2.12. The van der Waals surface area contributed by atoms with E-state index in [1.54, 1.807) is 0 Å². The highest BCUT2D eigenvalue weighted by atomic mass is 16.5. The Kier molecular flexibility index (Phi) is 7.83. The molecule has 0 spiro atoms. The van der Waals surface area contributed by atoms with Gasteiger partial charge >= 0.3 is 0 Å². The lowest BCUT2D eigenvalue weighted by Crippen LogP contribution is -2.18. The summed E-state index contributed by atoms with van der Waals surface area (Å²) in [5, 5.41) is 10.1. The van der Waals surface area contributed by atoms with Gasteiger partial charge in [-0.1, -0.05) is 68.4 Å². The van der Waals surface area contributed by atoms with Gasteiger partial charge in [0.15, 0.2) is 5.65 Å². The van der Waals surface area contributed by atoms with Crippen molar-refractivity contribution in [3.05, 3.63) is 102 Å². The van der Waals surface area contributed by atoms with E-state index in [-0.39, 0.29) is 0 Å². The predicted molar refractivity (Wildman–Crippen MR) is 137 cm³/mol. The van der Waals surface area contributed by atoms with Gasteiger partial charge in [0.05, 0.1) is 23.3 Å². The van der Waals surface area contributed by atoms with Gasteiger partial charge in [-0.15, -0.1) is 5.10 Å². The molecule has 6 heteroatoms. The molecule has 6 nitrogen and oxygen atoms in total. The topological polar surface area (TPSA) is 64.3 Å². The van der Waals surface area contributed by atoms with E-state index in [0.29, 0.717) is 12.5 Å². The summed E-state index contributed by atoms with van der Waals surface area (Å²) in [4.78, 5) is 9.25. The number of aromatic nitrogens is 4. The second-order valence-corrected chi connectivity index (χ2v) is 7.81. The Bertz CT molecular complexity index is 1350. The van der Waals surface area contributed by atoms with Crippen LogP contribution in [0.4, 0.5) is 0 Å². The van der Waals surface area contributed by atoms with Crippen LogP contribution in [0.15, 0.2) is 79.0 Å². The summed E-state index contributed by atoms with van der Waals surface area (Å²) in [5.41, 5.74) is 5.02. The average Bonchev–Trinajstić information content (AvgIpc) is 3.28. The minimum Gasteiger partial charge on any atom is -0.470 e. The molecule has 0 fully saturated rings. The van der Waals surface area contributed by atoms with Gasteiger partial charge in [0, 0.05) is 17.3 Å². The number of benzene rings is 2. The molecular formula is C28H31N5O. The van der Waals surface area contributed by atoms with Crippen LogP contribution in [0.5, 0.6) is 5.88 Å². The maximum atomic E-state index is 6.13. The molecule has 5 aromatic rings. The van der Waals surface area contributed by atoms with Crippen LogP contribution in [0.3, 0.4) is 0 Å². The molecule has 5 rings (SSSR count). The first kappa shape index (κ1) is 23.4. The minimum absolute atomic E-state index is 0.355. The maximum Gasteiger partial charge on any atom is 0.240 e. The van der Waals surface area contributed by atoms with Crippen molar-refractivity contribution in [2.75, 3.05) is 6.54 Å². The molecule has 3 aromatic heterocycles. The summed E-state index contributed by atoms with van der Waals surface area (Å²) < 4.78 is 7.97. The van der Waals surface area contributed by atoms with Crippen LogP contribution in [0.2, 0.25) is 0 Å². The van der Waals surface area contributed by atoms with Crippen molar-refractivity contribution in [3.8, 4) is 5.88 Å². The number of pyridine rings is 1. The smallest absolute Gasteiger partial charge is 0.240 e. The number of fused-ring (bicyclic) bond motifs is 3. The zero-order valence-corrected chi connectivity index (χ0v) is 20.0. The van der Waals surface area contributed by atoms with Gasteiger partial charge in [-0.25, -0.2) is 9.50 Å². The molecule has 0 aliphatic rings. The molecule has 0 atom stereocenters. The number of ether oxygens (including phenoxy) is 1. The fourth-order valence-corrected chi connectivity index (χ4v) is 3.80. The van der Waals surface area contributed by atoms with E-state index in [4.69, 9.17) is 9.72 Å². The molecule has 0 unspecified atom stereocenters. The first-order valence-corrected chi connectivity index (χ1v) is 11.8. The fraction of sp³-hybridized carbons (Fsp3) is 0.250. The lowest BCUT2D eigenvalue weighted by molar-refractivity contribution is 0.288. The first-order valence-electron chi connectivity index (χ1n) is 11.8. The number of hydrogen-bond donors (Lipinski definition) is 1. The Balaban J connectivity index is 0.00000133. The Morgan fingerprint density at radius 3 is 2.41 bits per heavy atom. The van der Waals surface area contributed by atoms with Crippen LogP contribution >= 0.6 is 0 Å².